The van der Waals surface area contributed by atoms with E-state index in [0.717, 1.165) is 6.42 Å². The molecule has 0 radical (unpaired) electrons. The van der Waals surface area contributed by atoms with E-state index in [-0.39, 0.29) is 29.7 Å². The molecule has 4 N–H and O–H groups in total. The van der Waals surface area contributed by atoms with Crippen molar-refractivity contribution in [2.75, 3.05) is 0 Å². The minimum atomic E-state index is -1.01. The van der Waals surface area contributed by atoms with Crippen molar-refractivity contribution in [2.45, 2.75) is 59.5 Å². The summed E-state index contributed by atoms with van der Waals surface area (Å²) < 4.78 is 0. The summed E-state index contributed by atoms with van der Waals surface area (Å²) in [6.45, 7) is 9.68. The topological polar surface area (TPSA) is 92.4 Å². The number of rotatable bonds is 6. The summed E-state index contributed by atoms with van der Waals surface area (Å²) in [4.78, 5) is 22.6. The second-order valence-electron chi connectivity index (χ2n) is 6.36. The average molecular weight is 258 g/mol. The Balaban J connectivity index is 4.29. The number of carboxylic acid groups (broad SMARTS) is 1. The van der Waals surface area contributed by atoms with Crippen molar-refractivity contribution in [1.82, 2.24) is 5.32 Å². The maximum absolute atomic E-state index is 11.7. The molecule has 0 saturated carbocycles. The maximum atomic E-state index is 11.7. The molecule has 1 amide bonds. The van der Waals surface area contributed by atoms with Crippen molar-refractivity contribution < 1.29 is 14.7 Å². The number of aliphatic carboxylic acids is 1. The fourth-order valence-corrected chi connectivity index (χ4v) is 1.84. The Labute approximate surface area is 109 Å². The molecule has 0 aliphatic carbocycles. The van der Waals surface area contributed by atoms with Crippen LogP contribution in [0.25, 0.3) is 0 Å². The fourth-order valence-electron chi connectivity index (χ4n) is 1.84. The fraction of sp³-hybridized carbons (Fsp3) is 0.846. The third kappa shape index (κ3) is 7.27. The zero-order valence-electron chi connectivity index (χ0n) is 12.0. The highest BCUT2D eigenvalue weighted by atomic mass is 16.4. The summed E-state index contributed by atoms with van der Waals surface area (Å²) in [7, 11) is 0. The van der Waals surface area contributed by atoms with Gasteiger partial charge in [0.05, 0.1) is 0 Å². The van der Waals surface area contributed by atoms with E-state index >= 15 is 0 Å². The average Bonchev–Trinajstić information content (AvgIpc) is 2.09. The molecule has 5 heteroatoms. The van der Waals surface area contributed by atoms with Gasteiger partial charge < -0.3 is 16.2 Å². The second-order valence-corrected chi connectivity index (χ2v) is 6.36. The highest BCUT2D eigenvalue weighted by Gasteiger charge is 2.25. The first-order valence-electron chi connectivity index (χ1n) is 6.30. The molecule has 0 aromatic heterocycles. The van der Waals surface area contributed by atoms with Crippen molar-refractivity contribution in [3.63, 3.8) is 0 Å². The van der Waals surface area contributed by atoms with Gasteiger partial charge in [-0.3, -0.25) is 4.79 Å². The van der Waals surface area contributed by atoms with Gasteiger partial charge in [-0.15, -0.1) is 0 Å². The number of nitrogens with one attached hydrogen (secondary N) is 1. The van der Waals surface area contributed by atoms with Gasteiger partial charge in [-0.2, -0.15) is 0 Å². The number of hydrogen-bond donors (Lipinski definition) is 3. The number of nitrogens with two attached hydrogens (primary N) is 1. The molecule has 0 aliphatic rings. The third-order valence-electron chi connectivity index (χ3n) is 2.57. The van der Waals surface area contributed by atoms with Gasteiger partial charge in [0, 0.05) is 12.5 Å². The summed E-state index contributed by atoms with van der Waals surface area (Å²) in [5.41, 5.74) is 5.94. The van der Waals surface area contributed by atoms with Gasteiger partial charge in [-0.1, -0.05) is 34.6 Å². The molecule has 0 rings (SSSR count). The molecule has 0 spiro atoms. The number of hydrogen-bond acceptors (Lipinski definition) is 3. The predicted molar refractivity (Wildman–Crippen MR) is 71.1 cm³/mol. The highest BCUT2D eigenvalue weighted by molar-refractivity contribution is 5.83. The summed E-state index contributed by atoms with van der Waals surface area (Å²) >= 11 is 0. The van der Waals surface area contributed by atoms with E-state index in [9.17, 15) is 9.59 Å². The second kappa shape index (κ2) is 6.73. The van der Waals surface area contributed by atoms with Gasteiger partial charge in [0.1, 0.15) is 6.04 Å². The molecule has 0 aliphatic heterocycles. The first kappa shape index (κ1) is 16.9. The van der Waals surface area contributed by atoms with E-state index < -0.39 is 12.0 Å². The van der Waals surface area contributed by atoms with Crippen molar-refractivity contribution in [2.24, 2.45) is 17.1 Å². The summed E-state index contributed by atoms with van der Waals surface area (Å²) in [6.07, 6.45) is 0.883. The van der Waals surface area contributed by atoms with Crippen LogP contribution in [0.4, 0.5) is 0 Å². The lowest BCUT2D eigenvalue weighted by Gasteiger charge is -2.24. The molecular formula is C13H26N2O3. The molecule has 5 nitrogen and oxygen atoms in total. The molecule has 106 valence electrons. The molecule has 0 saturated heterocycles. The van der Waals surface area contributed by atoms with Crippen LogP contribution >= 0.6 is 0 Å². The molecule has 1 unspecified atom stereocenters. The Morgan fingerprint density at radius 1 is 1.28 bits per heavy atom. The minimum Gasteiger partial charge on any atom is -0.480 e. The SMILES string of the molecule is CC(C)[C@H](NC(=O)CC(N)CC(C)(C)C)C(=O)O. The van der Waals surface area contributed by atoms with Crippen LogP contribution in [0.2, 0.25) is 0 Å². The van der Waals surface area contributed by atoms with E-state index in [0.29, 0.717) is 0 Å². The third-order valence-corrected chi connectivity index (χ3v) is 2.57. The molecular weight excluding hydrogens is 232 g/mol. The molecule has 0 aromatic carbocycles. The Kier molecular flexibility index (Phi) is 6.32. The van der Waals surface area contributed by atoms with Crippen molar-refractivity contribution in [3.05, 3.63) is 0 Å². The monoisotopic (exact) mass is 258 g/mol. The molecule has 0 heterocycles. The van der Waals surface area contributed by atoms with E-state index in [1.54, 1.807) is 13.8 Å². The first-order chi connectivity index (χ1) is 8.03. The zero-order valence-corrected chi connectivity index (χ0v) is 12.0. The quantitative estimate of drug-likeness (QED) is 0.671. The lowest BCUT2D eigenvalue weighted by atomic mass is 9.87. The number of amides is 1. The minimum absolute atomic E-state index is 0.0595. The predicted octanol–water partition coefficient (Wildman–Crippen LogP) is 1.37. The largest absolute Gasteiger partial charge is 0.480 e. The van der Waals surface area contributed by atoms with E-state index in [1.165, 1.54) is 0 Å². The van der Waals surface area contributed by atoms with Crippen LogP contribution in [-0.4, -0.2) is 29.1 Å². The van der Waals surface area contributed by atoms with Crippen LogP contribution in [0.15, 0.2) is 0 Å². The molecule has 0 fully saturated rings. The Bertz CT molecular complexity index is 295. The van der Waals surface area contributed by atoms with Crippen LogP contribution in [0, 0.1) is 11.3 Å². The molecule has 18 heavy (non-hydrogen) atoms. The molecule has 0 bridgehead atoms. The van der Waals surface area contributed by atoms with Gasteiger partial charge in [-0.25, -0.2) is 4.79 Å². The smallest absolute Gasteiger partial charge is 0.326 e. The summed E-state index contributed by atoms with van der Waals surface area (Å²) in [6, 6.07) is -1.09. The van der Waals surface area contributed by atoms with Gasteiger partial charge in [0.15, 0.2) is 0 Å². The molecule has 2 atom stereocenters. The van der Waals surface area contributed by atoms with Gasteiger partial charge in [0.25, 0.3) is 0 Å². The number of carbonyl (C=O) groups is 2. The van der Waals surface area contributed by atoms with E-state index in [2.05, 4.69) is 26.1 Å². The zero-order chi connectivity index (χ0) is 14.5. The standard InChI is InChI=1S/C13H26N2O3/c1-8(2)11(12(17)18)15-10(16)6-9(14)7-13(3,4)5/h8-9,11H,6-7,14H2,1-5H3,(H,15,16)(H,17,18)/t9?,11-/m0/s1. The van der Waals surface area contributed by atoms with Crippen LogP contribution < -0.4 is 11.1 Å². The van der Waals surface area contributed by atoms with Crippen molar-refractivity contribution in [1.29, 1.82) is 0 Å². The van der Waals surface area contributed by atoms with Crippen LogP contribution in [0.1, 0.15) is 47.5 Å². The van der Waals surface area contributed by atoms with E-state index in [4.69, 9.17) is 10.8 Å². The van der Waals surface area contributed by atoms with Gasteiger partial charge in [0.2, 0.25) is 5.91 Å². The van der Waals surface area contributed by atoms with Crippen LogP contribution in [-0.2, 0) is 9.59 Å². The Morgan fingerprint density at radius 3 is 2.11 bits per heavy atom. The Hall–Kier alpha value is -1.10. The first-order valence-corrected chi connectivity index (χ1v) is 6.30. The highest BCUT2D eigenvalue weighted by Crippen LogP contribution is 2.21. The number of carboxylic acids is 1. The maximum Gasteiger partial charge on any atom is 0.326 e. The summed E-state index contributed by atoms with van der Waals surface area (Å²) in [5, 5.41) is 11.5. The van der Waals surface area contributed by atoms with Gasteiger partial charge >= 0.3 is 5.97 Å². The number of carbonyl (C=O) groups excluding carboxylic acids is 1. The van der Waals surface area contributed by atoms with Crippen molar-refractivity contribution >= 4 is 11.9 Å². The Morgan fingerprint density at radius 2 is 1.78 bits per heavy atom. The lowest BCUT2D eigenvalue weighted by molar-refractivity contribution is -0.143. The lowest BCUT2D eigenvalue weighted by Crippen LogP contribution is -2.46. The van der Waals surface area contributed by atoms with E-state index in [1.807, 2.05) is 0 Å². The summed E-state index contributed by atoms with van der Waals surface area (Å²) in [5.74, 6) is -1.46. The van der Waals surface area contributed by atoms with Crippen LogP contribution in [0.5, 0.6) is 0 Å². The van der Waals surface area contributed by atoms with Crippen molar-refractivity contribution in [3.8, 4) is 0 Å². The molecule has 0 aromatic rings. The van der Waals surface area contributed by atoms with Crippen LogP contribution in [0.3, 0.4) is 0 Å². The van der Waals surface area contributed by atoms with Gasteiger partial charge in [-0.05, 0) is 17.8 Å². The normalized spacial score (nSPS) is 15.3.